The number of thioether (sulfide) groups is 1. The van der Waals surface area contributed by atoms with Crippen LogP contribution in [0.2, 0.25) is 5.02 Å². The molecule has 0 saturated carbocycles. The van der Waals surface area contributed by atoms with E-state index >= 15 is 0 Å². The standard InChI is InChI=1S/C24H26ClN5O4S/c1-14(2)20(27-22(32)15-9-5-7-11-17(15)25)21-28-29-24(30(21)3)35-13-19(31)26-18-12-8-6-10-16(18)23(33)34-4/h5-12,14,20H,13H2,1-4H3,(H,26,31)(H,27,32)/t20-/m1/s1. The molecule has 1 atom stereocenters. The molecule has 0 saturated heterocycles. The number of halogens is 1. The molecule has 3 aromatic rings. The fourth-order valence-electron chi connectivity index (χ4n) is 3.31. The van der Waals surface area contributed by atoms with Gasteiger partial charge in [-0.2, -0.15) is 0 Å². The molecule has 1 aromatic heterocycles. The topological polar surface area (TPSA) is 115 Å². The van der Waals surface area contributed by atoms with E-state index in [1.165, 1.54) is 18.9 Å². The number of hydrogen-bond donors (Lipinski definition) is 2. The van der Waals surface area contributed by atoms with Gasteiger partial charge >= 0.3 is 5.97 Å². The van der Waals surface area contributed by atoms with Crippen LogP contribution in [0.4, 0.5) is 5.69 Å². The molecular formula is C24H26ClN5O4S. The van der Waals surface area contributed by atoms with Gasteiger partial charge in [0.05, 0.1) is 40.7 Å². The lowest BCUT2D eigenvalue weighted by molar-refractivity contribution is -0.113. The van der Waals surface area contributed by atoms with Crippen molar-refractivity contribution < 1.29 is 19.1 Å². The number of anilines is 1. The average molecular weight is 516 g/mol. The predicted octanol–water partition coefficient (Wildman–Crippen LogP) is 4.11. The number of carbonyl (C=O) groups excluding carboxylic acids is 3. The SMILES string of the molecule is COC(=O)c1ccccc1NC(=O)CSc1nnc([C@H](NC(=O)c2ccccc2Cl)C(C)C)n1C. The molecular weight excluding hydrogens is 490 g/mol. The molecule has 35 heavy (non-hydrogen) atoms. The van der Waals surface area contributed by atoms with Gasteiger partial charge < -0.3 is 19.9 Å². The van der Waals surface area contributed by atoms with Gasteiger partial charge in [0.2, 0.25) is 5.91 Å². The van der Waals surface area contributed by atoms with E-state index in [1.54, 1.807) is 60.1 Å². The zero-order valence-electron chi connectivity index (χ0n) is 19.7. The fraction of sp³-hybridized carbons (Fsp3) is 0.292. The Balaban J connectivity index is 1.69. The Morgan fingerprint density at radius 1 is 1.06 bits per heavy atom. The van der Waals surface area contributed by atoms with E-state index in [9.17, 15) is 14.4 Å². The van der Waals surface area contributed by atoms with Gasteiger partial charge in [0, 0.05) is 7.05 Å². The monoisotopic (exact) mass is 515 g/mol. The second-order valence-corrected chi connectivity index (χ2v) is 9.30. The Kier molecular flexibility index (Phi) is 8.89. The number of carbonyl (C=O) groups is 3. The summed E-state index contributed by atoms with van der Waals surface area (Å²) in [5.74, 6) is -0.553. The number of esters is 1. The van der Waals surface area contributed by atoms with Crippen molar-refractivity contribution in [1.82, 2.24) is 20.1 Å². The molecule has 3 rings (SSSR count). The number of para-hydroxylation sites is 1. The Bertz CT molecular complexity index is 1230. The molecule has 184 valence electrons. The molecule has 0 aliphatic rings. The van der Waals surface area contributed by atoms with Crippen molar-refractivity contribution in [3.63, 3.8) is 0 Å². The minimum Gasteiger partial charge on any atom is -0.465 e. The molecule has 2 aromatic carbocycles. The molecule has 0 radical (unpaired) electrons. The summed E-state index contributed by atoms with van der Waals surface area (Å²) in [7, 11) is 3.06. The molecule has 0 unspecified atom stereocenters. The van der Waals surface area contributed by atoms with Crippen molar-refractivity contribution in [1.29, 1.82) is 0 Å². The van der Waals surface area contributed by atoms with Crippen LogP contribution < -0.4 is 10.6 Å². The Morgan fingerprint density at radius 3 is 2.37 bits per heavy atom. The third-order valence-corrected chi connectivity index (χ3v) is 6.51. The van der Waals surface area contributed by atoms with Crippen molar-refractivity contribution in [2.45, 2.75) is 25.0 Å². The number of hydrogen-bond acceptors (Lipinski definition) is 7. The zero-order valence-corrected chi connectivity index (χ0v) is 21.3. The van der Waals surface area contributed by atoms with Crippen LogP contribution in [-0.2, 0) is 16.6 Å². The first kappa shape index (κ1) is 26.2. The highest BCUT2D eigenvalue weighted by molar-refractivity contribution is 7.99. The third-order valence-electron chi connectivity index (χ3n) is 5.16. The van der Waals surface area contributed by atoms with Crippen molar-refractivity contribution in [2.24, 2.45) is 13.0 Å². The summed E-state index contributed by atoms with van der Waals surface area (Å²) in [6, 6.07) is 13.0. The first-order valence-corrected chi connectivity index (χ1v) is 12.1. The summed E-state index contributed by atoms with van der Waals surface area (Å²) in [6.45, 7) is 3.93. The number of rotatable bonds is 9. The highest BCUT2D eigenvalue weighted by Crippen LogP contribution is 2.26. The molecule has 1 heterocycles. The molecule has 11 heteroatoms. The number of amides is 2. The lowest BCUT2D eigenvalue weighted by Gasteiger charge is -2.22. The maximum atomic E-state index is 12.8. The van der Waals surface area contributed by atoms with Gasteiger partial charge in [-0.05, 0) is 30.2 Å². The summed E-state index contributed by atoms with van der Waals surface area (Å²) in [4.78, 5) is 37.3. The molecule has 2 amide bonds. The van der Waals surface area contributed by atoms with Crippen molar-refractivity contribution in [3.05, 3.63) is 70.5 Å². The van der Waals surface area contributed by atoms with E-state index in [2.05, 4.69) is 20.8 Å². The lowest BCUT2D eigenvalue weighted by Crippen LogP contribution is -2.33. The quantitative estimate of drug-likeness (QED) is 0.325. The molecule has 0 bridgehead atoms. The van der Waals surface area contributed by atoms with E-state index in [4.69, 9.17) is 16.3 Å². The summed E-state index contributed by atoms with van der Waals surface area (Å²) < 4.78 is 6.50. The van der Waals surface area contributed by atoms with Gasteiger partial charge in [-0.25, -0.2) is 4.79 Å². The Morgan fingerprint density at radius 2 is 1.71 bits per heavy atom. The van der Waals surface area contributed by atoms with Crippen molar-refractivity contribution >= 4 is 46.8 Å². The van der Waals surface area contributed by atoms with Crippen LogP contribution in [-0.4, -0.2) is 45.4 Å². The van der Waals surface area contributed by atoms with Crippen molar-refractivity contribution in [2.75, 3.05) is 18.2 Å². The summed E-state index contributed by atoms with van der Waals surface area (Å²) in [6.07, 6.45) is 0. The van der Waals surface area contributed by atoms with Crippen molar-refractivity contribution in [3.8, 4) is 0 Å². The molecule has 0 aliphatic carbocycles. The maximum absolute atomic E-state index is 12.8. The van der Waals surface area contributed by atoms with Crippen LogP contribution in [0.5, 0.6) is 0 Å². The van der Waals surface area contributed by atoms with Crippen LogP contribution in [0.1, 0.15) is 46.4 Å². The van der Waals surface area contributed by atoms with Gasteiger partial charge in [0.15, 0.2) is 11.0 Å². The number of nitrogens with zero attached hydrogens (tertiary/aromatic N) is 3. The normalized spacial score (nSPS) is 11.7. The number of benzene rings is 2. The van der Waals surface area contributed by atoms with Gasteiger partial charge in [-0.3, -0.25) is 9.59 Å². The van der Waals surface area contributed by atoms with E-state index in [-0.39, 0.29) is 29.0 Å². The van der Waals surface area contributed by atoms with Crippen LogP contribution >= 0.6 is 23.4 Å². The van der Waals surface area contributed by atoms with Crippen LogP contribution in [0.25, 0.3) is 0 Å². The summed E-state index contributed by atoms with van der Waals surface area (Å²) in [5.41, 5.74) is 1.01. The minimum atomic E-state index is -0.537. The zero-order chi connectivity index (χ0) is 25.5. The predicted molar refractivity (Wildman–Crippen MR) is 135 cm³/mol. The summed E-state index contributed by atoms with van der Waals surface area (Å²) in [5, 5.41) is 15.0. The van der Waals surface area contributed by atoms with E-state index < -0.39 is 12.0 Å². The molecule has 0 fully saturated rings. The second kappa shape index (κ2) is 11.9. The number of methoxy groups -OCH3 is 1. The van der Waals surface area contributed by atoms with Gasteiger partial charge in [0.25, 0.3) is 5.91 Å². The van der Waals surface area contributed by atoms with E-state index in [0.29, 0.717) is 27.3 Å². The minimum absolute atomic E-state index is 0.0142. The maximum Gasteiger partial charge on any atom is 0.339 e. The van der Waals surface area contributed by atoms with Gasteiger partial charge in [-0.1, -0.05) is 61.5 Å². The molecule has 0 spiro atoms. The first-order chi connectivity index (χ1) is 16.7. The van der Waals surface area contributed by atoms with Gasteiger partial charge in [-0.15, -0.1) is 10.2 Å². The molecule has 0 aliphatic heterocycles. The summed E-state index contributed by atoms with van der Waals surface area (Å²) >= 11 is 7.36. The lowest BCUT2D eigenvalue weighted by atomic mass is 10.0. The average Bonchev–Trinajstić information content (AvgIpc) is 3.20. The number of nitrogens with one attached hydrogen (secondary N) is 2. The van der Waals surface area contributed by atoms with Crippen LogP contribution in [0.15, 0.2) is 53.7 Å². The third kappa shape index (κ3) is 6.40. The van der Waals surface area contributed by atoms with Crippen LogP contribution in [0.3, 0.4) is 0 Å². The number of aromatic nitrogens is 3. The second-order valence-electron chi connectivity index (χ2n) is 7.95. The van der Waals surface area contributed by atoms with Crippen LogP contribution in [0, 0.1) is 5.92 Å². The Labute approximate surface area is 212 Å². The van der Waals surface area contributed by atoms with E-state index in [0.717, 1.165) is 0 Å². The molecule has 9 nitrogen and oxygen atoms in total. The number of ether oxygens (including phenoxy) is 1. The first-order valence-electron chi connectivity index (χ1n) is 10.8. The van der Waals surface area contributed by atoms with Gasteiger partial charge in [0.1, 0.15) is 0 Å². The largest absolute Gasteiger partial charge is 0.465 e. The molecule has 2 N–H and O–H groups in total. The highest BCUT2D eigenvalue weighted by Gasteiger charge is 2.26. The highest BCUT2D eigenvalue weighted by atomic mass is 35.5. The smallest absolute Gasteiger partial charge is 0.339 e. The van der Waals surface area contributed by atoms with E-state index in [1.807, 2.05) is 13.8 Å². The Hall–Kier alpha value is -3.37. The fourth-order valence-corrected chi connectivity index (χ4v) is 4.25.